The molecule has 0 N–H and O–H groups in total. The molecule has 1 aliphatic rings. The van der Waals surface area contributed by atoms with Crippen LogP contribution in [0.15, 0.2) is 48.5 Å². The Bertz CT molecular complexity index is 722. The van der Waals surface area contributed by atoms with Crippen LogP contribution in [0.5, 0.6) is 11.5 Å². The summed E-state index contributed by atoms with van der Waals surface area (Å²) in [4.78, 5) is 14.9. The predicted molar refractivity (Wildman–Crippen MR) is 102 cm³/mol. The molecule has 0 radical (unpaired) electrons. The van der Waals surface area contributed by atoms with Crippen molar-refractivity contribution in [2.75, 3.05) is 20.8 Å². The SMILES string of the molecule is COc1ccc(CN(CCc2ccccc2OC)C(=O)C2CCC2)cc1. The number of hydrogen-bond acceptors (Lipinski definition) is 3. The molecule has 1 fully saturated rings. The third-order valence-electron chi connectivity index (χ3n) is 5.14. The normalized spacial score (nSPS) is 13.8. The van der Waals surface area contributed by atoms with Crippen LogP contribution in [0.25, 0.3) is 0 Å². The standard InChI is InChI=1S/C22H27NO3/c1-25-20-12-10-17(11-13-20)16-23(22(24)19-7-5-8-19)15-14-18-6-3-4-9-21(18)26-2/h3-4,6,9-13,19H,5,7-8,14-16H2,1-2H3. The first kappa shape index (κ1) is 18.3. The minimum atomic E-state index is 0.200. The molecular weight excluding hydrogens is 326 g/mol. The Balaban J connectivity index is 1.71. The largest absolute Gasteiger partial charge is 0.497 e. The second kappa shape index (κ2) is 8.75. The molecule has 0 saturated heterocycles. The lowest BCUT2D eigenvalue weighted by molar-refractivity contribution is -0.138. The van der Waals surface area contributed by atoms with Crippen LogP contribution in [0, 0.1) is 5.92 Å². The van der Waals surface area contributed by atoms with Gasteiger partial charge < -0.3 is 14.4 Å². The van der Waals surface area contributed by atoms with Crippen molar-refractivity contribution in [3.63, 3.8) is 0 Å². The van der Waals surface area contributed by atoms with Crippen LogP contribution < -0.4 is 9.47 Å². The number of para-hydroxylation sites is 1. The highest BCUT2D eigenvalue weighted by Gasteiger charge is 2.29. The van der Waals surface area contributed by atoms with Gasteiger partial charge in [-0.1, -0.05) is 36.8 Å². The van der Waals surface area contributed by atoms with Crippen LogP contribution in [-0.2, 0) is 17.8 Å². The van der Waals surface area contributed by atoms with Crippen molar-refractivity contribution in [3.05, 3.63) is 59.7 Å². The summed E-state index contributed by atoms with van der Waals surface area (Å²) in [5.74, 6) is 2.19. The van der Waals surface area contributed by atoms with E-state index in [-0.39, 0.29) is 11.8 Å². The third-order valence-corrected chi connectivity index (χ3v) is 5.14. The van der Waals surface area contributed by atoms with E-state index in [1.807, 2.05) is 47.4 Å². The molecular formula is C22H27NO3. The number of ether oxygens (including phenoxy) is 2. The molecule has 0 aliphatic heterocycles. The Kier molecular flexibility index (Phi) is 6.16. The molecule has 1 aliphatic carbocycles. The summed E-state index contributed by atoms with van der Waals surface area (Å²) in [5.41, 5.74) is 2.26. The van der Waals surface area contributed by atoms with E-state index >= 15 is 0 Å². The summed E-state index contributed by atoms with van der Waals surface area (Å²) >= 11 is 0. The molecule has 26 heavy (non-hydrogen) atoms. The second-order valence-corrected chi connectivity index (χ2v) is 6.80. The van der Waals surface area contributed by atoms with Crippen molar-refractivity contribution < 1.29 is 14.3 Å². The maximum Gasteiger partial charge on any atom is 0.225 e. The van der Waals surface area contributed by atoms with Crippen LogP contribution >= 0.6 is 0 Å². The first-order valence-electron chi connectivity index (χ1n) is 9.25. The van der Waals surface area contributed by atoms with Gasteiger partial charge in [0.1, 0.15) is 11.5 Å². The lowest BCUT2D eigenvalue weighted by atomic mass is 9.84. The molecule has 0 aromatic heterocycles. The fourth-order valence-electron chi connectivity index (χ4n) is 3.30. The van der Waals surface area contributed by atoms with Gasteiger partial charge >= 0.3 is 0 Å². The minimum Gasteiger partial charge on any atom is -0.497 e. The minimum absolute atomic E-state index is 0.200. The number of amides is 1. The van der Waals surface area contributed by atoms with Crippen LogP contribution in [0.2, 0.25) is 0 Å². The molecule has 0 bridgehead atoms. The maximum absolute atomic E-state index is 12.9. The number of rotatable bonds is 8. The average molecular weight is 353 g/mol. The molecule has 0 atom stereocenters. The van der Waals surface area contributed by atoms with Gasteiger partial charge in [-0.05, 0) is 48.6 Å². The lowest BCUT2D eigenvalue weighted by Gasteiger charge is -2.32. The zero-order valence-electron chi connectivity index (χ0n) is 15.6. The molecule has 4 heteroatoms. The van der Waals surface area contributed by atoms with E-state index in [2.05, 4.69) is 6.07 Å². The van der Waals surface area contributed by atoms with Crippen molar-refractivity contribution in [1.82, 2.24) is 4.90 Å². The maximum atomic E-state index is 12.9. The van der Waals surface area contributed by atoms with Gasteiger partial charge in [0.05, 0.1) is 14.2 Å². The number of benzene rings is 2. The van der Waals surface area contributed by atoms with Gasteiger partial charge in [-0.15, -0.1) is 0 Å². The van der Waals surface area contributed by atoms with Gasteiger partial charge in [0.25, 0.3) is 0 Å². The zero-order chi connectivity index (χ0) is 18.4. The van der Waals surface area contributed by atoms with Gasteiger partial charge in [0.2, 0.25) is 5.91 Å². The molecule has 0 heterocycles. The first-order valence-corrected chi connectivity index (χ1v) is 9.25. The van der Waals surface area contributed by atoms with Gasteiger partial charge in [-0.2, -0.15) is 0 Å². The molecule has 1 saturated carbocycles. The van der Waals surface area contributed by atoms with Gasteiger partial charge in [-0.3, -0.25) is 4.79 Å². The van der Waals surface area contributed by atoms with Gasteiger partial charge in [-0.25, -0.2) is 0 Å². The number of nitrogens with zero attached hydrogens (tertiary/aromatic N) is 1. The van der Waals surface area contributed by atoms with E-state index in [1.54, 1.807) is 14.2 Å². The van der Waals surface area contributed by atoms with E-state index in [0.29, 0.717) is 13.1 Å². The quantitative estimate of drug-likeness (QED) is 0.718. The summed E-state index contributed by atoms with van der Waals surface area (Å²) in [6, 6.07) is 16.0. The van der Waals surface area contributed by atoms with E-state index in [0.717, 1.165) is 41.9 Å². The zero-order valence-corrected chi connectivity index (χ0v) is 15.6. The fraction of sp³-hybridized carbons (Fsp3) is 0.409. The Morgan fingerprint density at radius 3 is 2.38 bits per heavy atom. The number of carbonyl (C=O) groups excluding carboxylic acids is 1. The molecule has 0 unspecified atom stereocenters. The Morgan fingerprint density at radius 1 is 1.04 bits per heavy atom. The Labute approximate surface area is 155 Å². The first-order chi connectivity index (χ1) is 12.7. The van der Waals surface area contributed by atoms with Crippen molar-refractivity contribution in [1.29, 1.82) is 0 Å². The highest BCUT2D eigenvalue weighted by atomic mass is 16.5. The van der Waals surface area contributed by atoms with Crippen LogP contribution in [0.3, 0.4) is 0 Å². The summed E-state index contributed by atoms with van der Waals surface area (Å²) < 4.78 is 10.7. The Hall–Kier alpha value is -2.49. The van der Waals surface area contributed by atoms with Gasteiger partial charge in [0.15, 0.2) is 0 Å². The second-order valence-electron chi connectivity index (χ2n) is 6.80. The molecule has 138 valence electrons. The lowest BCUT2D eigenvalue weighted by Crippen LogP contribution is -2.39. The molecule has 1 amide bonds. The highest BCUT2D eigenvalue weighted by molar-refractivity contribution is 5.79. The summed E-state index contributed by atoms with van der Waals surface area (Å²) in [6.07, 6.45) is 4.00. The van der Waals surface area contributed by atoms with E-state index in [4.69, 9.17) is 9.47 Å². The predicted octanol–water partition coefficient (Wildman–Crippen LogP) is 4.08. The van der Waals surface area contributed by atoms with Crippen molar-refractivity contribution in [2.45, 2.75) is 32.2 Å². The average Bonchev–Trinajstić information content (AvgIpc) is 2.64. The smallest absolute Gasteiger partial charge is 0.225 e. The van der Waals surface area contributed by atoms with E-state index in [9.17, 15) is 4.79 Å². The van der Waals surface area contributed by atoms with Crippen LogP contribution in [0.4, 0.5) is 0 Å². The number of methoxy groups -OCH3 is 2. The Morgan fingerprint density at radius 2 is 1.77 bits per heavy atom. The van der Waals surface area contributed by atoms with Crippen LogP contribution in [0.1, 0.15) is 30.4 Å². The van der Waals surface area contributed by atoms with Crippen molar-refractivity contribution in [3.8, 4) is 11.5 Å². The van der Waals surface area contributed by atoms with Crippen LogP contribution in [-0.4, -0.2) is 31.6 Å². The summed E-state index contributed by atoms with van der Waals surface area (Å²) in [7, 11) is 3.35. The topological polar surface area (TPSA) is 38.8 Å². The van der Waals surface area contributed by atoms with Gasteiger partial charge in [0, 0.05) is 19.0 Å². The van der Waals surface area contributed by atoms with Crippen molar-refractivity contribution in [2.24, 2.45) is 5.92 Å². The molecule has 4 nitrogen and oxygen atoms in total. The summed E-state index contributed by atoms with van der Waals surface area (Å²) in [6.45, 7) is 1.33. The molecule has 0 spiro atoms. The molecule has 3 rings (SSSR count). The molecule has 2 aromatic rings. The van der Waals surface area contributed by atoms with E-state index in [1.165, 1.54) is 6.42 Å². The third kappa shape index (κ3) is 4.37. The van der Waals surface area contributed by atoms with E-state index < -0.39 is 0 Å². The monoisotopic (exact) mass is 353 g/mol. The molecule has 2 aromatic carbocycles. The summed E-state index contributed by atoms with van der Waals surface area (Å²) in [5, 5.41) is 0. The van der Waals surface area contributed by atoms with Crippen molar-refractivity contribution >= 4 is 5.91 Å². The fourth-order valence-corrected chi connectivity index (χ4v) is 3.30. The number of hydrogen-bond donors (Lipinski definition) is 0. The highest BCUT2D eigenvalue weighted by Crippen LogP contribution is 2.29. The number of carbonyl (C=O) groups is 1.